The number of fused-ring (bicyclic) bond motifs is 1. The summed E-state index contributed by atoms with van der Waals surface area (Å²) >= 11 is 1.47. The Morgan fingerprint density at radius 3 is 2.80 bits per heavy atom. The minimum Gasteiger partial charge on any atom is -0.480 e. The molecule has 1 amide bonds. The molecule has 25 heavy (non-hydrogen) atoms. The zero-order valence-electron chi connectivity index (χ0n) is 14.5. The zero-order chi connectivity index (χ0) is 18.4. The molecule has 1 unspecified atom stereocenters. The van der Waals surface area contributed by atoms with Crippen molar-refractivity contribution < 1.29 is 14.7 Å². The average Bonchev–Trinajstić information content (AvgIpc) is 3.07. The van der Waals surface area contributed by atoms with Crippen molar-refractivity contribution in [3.05, 3.63) is 26.6 Å². The highest BCUT2D eigenvalue weighted by Gasteiger charge is 2.45. The molecule has 1 atom stereocenters. The fraction of sp³-hybridized carbons (Fsp3) is 0.529. The van der Waals surface area contributed by atoms with Crippen LogP contribution in [0.4, 0.5) is 0 Å². The Labute approximate surface area is 148 Å². The highest BCUT2D eigenvalue weighted by Crippen LogP contribution is 2.30. The predicted molar refractivity (Wildman–Crippen MR) is 95.0 cm³/mol. The third-order valence-electron chi connectivity index (χ3n) is 5.07. The van der Waals surface area contributed by atoms with Gasteiger partial charge in [0.2, 0.25) is 5.91 Å². The Morgan fingerprint density at radius 2 is 2.12 bits per heavy atom. The van der Waals surface area contributed by atoms with E-state index in [9.17, 15) is 19.5 Å². The number of nitrogens with one attached hydrogen (secondary N) is 1. The number of nitrogens with zero attached hydrogens (tertiary/aromatic N) is 2. The van der Waals surface area contributed by atoms with Gasteiger partial charge in [0, 0.05) is 24.3 Å². The molecule has 0 saturated carbocycles. The number of aromatic nitrogens is 2. The van der Waals surface area contributed by atoms with Crippen LogP contribution < -0.4 is 5.56 Å². The van der Waals surface area contributed by atoms with Crippen molar-refractivity contribution in [2.75, 3.05) is 6.54 Å². The van der Waals surface area contributed by atoms with E-state index in [0.29, 0.717) is 35.4 Å². The molecule has 0 aliphatic carbocycles. The van der Waals surface area contributed by atoms with Gasteiger partial charge in [-0.25, -0.2) is 9.78 Å². The largest absolute Gasteiger partial charge is 0.480 e. The number of hydrogen-bond donors (Lipinski definition) is 2. The highest BCUT2D eigenvalue weighted by molar-refractivity contribution is 7.18. The van der Waals surface area contributed by atoms with Crippen molar-refractivity contribution in [3.8, 4) is 0 Å². The van der Waals surface area contributed by atoms with Crippen LogP contribution in [0, 0.1) is 13.8 Å². The SMILES string of the molecule is Cc1sc2nc(CCC(=O)N3CCCC3(C)C(=O)O)[nH]c(=O)c2c1C. The minimum atomic E-state index is -1.14. The second-order valence-electron chi connectivity index (χ2n) is 6.70. The van der Waals surface area contributed by atoms with Crippen LogP contribution in [-0.2, 0) is 16.0 Å². The second-order valence-corrected chi connectivity index (χ2v) is 7.91. The average molecular weight is 363 g/mol. The maximum Gasteiger partial charge on any atom is 0.329 e. The van der Waals surface area contributed by atoms with Crippen molar-refractivity contribution in [2.45, 2.75) is 52.0 Å². The summed E-state index contributed by atoms with van der Waals surface area (Å²) in [6, 6.07) is 0. The standard InChI is InChI=1S/C17H21N3O4S/c1-9-10(2)25-15-13(9)14(22)18-11(19-15)5-6-12(21)20-8-4-7-17(20,3)16(23)24/h4-8H2,1-3H3,(H,23,24)(H,18,19,22). The molecule has 7 nitrogen and oxygen atoms in total. The molecule has 8 heteroatoms. The molecule has 0 bridgehead atoms. The molecule has 2 N–H and O–H groups in total. The lowest BCUT2D eigenvalue weighted by atomic mass is 9.99. The van der Waals surface area contributed by atoms with Gasteiger partial charge in [-0.05, 0) is 39.2 Å². The number of carboxylic acid groups (broad SMARTS) is 1. The Morgan fingerprint density at radius 1 is 1.40 bits per heavy atom. The van der Waals surface area contributed by atoms with Crippen LogP contribution in [0.1, 0.15) is 42.5 Å². The Hall–Kier alpha value is -2.22. The quantitative estimate of drug-likeness (QED) is 0.865. The van der Waals surface area contributed by atoms with E-state index in [-0.39, 0.29) is 24.3 Å². The number of aryl methyl sites for hydroxylation is 3. The lowest BCUT2D eigenvalue weighted by Crippen LogP contribution is -2.50. The lowest BCUT2D eigenvalue weighted by molar-refractivity contribution is -0.155. The van der Waals surface area contributed by atoms with E-state index in [1.54, 1.807) is 6.92 Å². The number of carbonyl (C=O) groups is 2. The highest BCUT2D eigenvalue weighted by atomic mass is 32.1. The first kappa shape index (κ1) is 17.6. The first-order chi connectivity index (χ1) is 11.7. The Kier molecular flexibility index (Phi) is 4.40. The zero-order valence-corrected chi connectivity index (χ0v) is 15.3. The maximum absolute atomic E-state index is 12.5. The Balaban J connectivity index is 1.78. The van der Waals surface area contributed by atoms with Crippen LogP contribution in [0.15, 0.2) is 4.79 Å². The molecule has 0 aromatic carbocycles. The van der Waals surface area contributed by atoms with Gasteiger partial charge in [0.1, 0.15) is 16.2 Å². The van der Waals surface area contributed by atoms with Crippen molar-refractivity contribution >= 4 is 33.4 Å². The summed E-state index contributed by atoms with van der Waals surface area (Å²) in [7, 11) is 0. The van der Waals surface area contributed by atoms with Gasteiger partial charge >= 0.3 is 5.97 Å². The third kappa shape index (κ3) is 2.95. The van der Waals surface area contributed by atoms with Gasteiger partial charge in [-0.2, -0.15) is 0 Å². The first-order valence-electron chi connectivity index (χ1n) is 8.27. The molecule has 2 aromatic heterocycles. The van der Waals surface area contributed by atoms with Gasteiger partial charge in [0.25, 0.3) is 5.56 Å². The normalized spacial score (nSPS) is 20.4. The van der Waals surface area contributed by atoms with Crippen molar-refractivity contribution in [1.82, 2.24) is 14.9 Å². The molecule has 1 aliphatic heterocycles. The van der Waals surface area contributed by atoms with E-state index in [0.717, 1.165) is 10.4 Å². The summed E-state index contributed by atoms with van der Waals surface area (Å²) in [6.07, 6.45) is 1.55. The fourth-order valence-corrected chi connectivity index (χ4v) is 4.41. The summed E-state index contributed by atoms with van der Waals surface area (Å²) in [5.74, 6) is -0.733. The van der Waals surface area contributed by atoms with E-state index in [1.807, 2.05) is 13.8 Å². The van der Waals surface area contributed by atoms with Crippen LogP contribution in [0.5, 0.6) is 0 Å². The van der Waals surface area contributed by atoms with E-state index < -0.39 is 11.5 Å². The van der Waals surface area contributed by atoms with E-state index in [2.05, 4.69) is 9.97 Å². The molecule has 1 saturated heterocycles. The fourth-order valence-electron chi connectivity index (χ4n) is 3.36. The summed E-state index contributed by atoms with van der Waals surface area (Å²) in [4.78, 5) is 46.6. The summed E-state index contributed by atoms with van der Waals surface area (Å²) in [5, 5.41) is 10.0. The Bertz CT molecular complexity index is 916. The first-order valence-corrected chi connectivity index (χ1v) is 9.08. The molecule has 3 heterocycles. The molecule has 134 valence electrons. The predicted octanol–water partition coefficient (Wildman–Crippen LogP) is 2.00. The maximum atomic E-state index is 12.5. The number of aromatic amines is 1. The van der Waals surface area contributed by atoms with Crippen LogP contribution in [-0.4, -0.2) is 43.9 Å². The van der Waals surface area contributed by atoms with Gasteiger partial charge in [0.05, 0.1) is 5.39 Å². The number of likely N-dealkylation sites (tertiary alicyclic amines) is 1. The summed E-state index contributed by atoms with van der Waals surface area (Å²) < 4.78 is 0. The molecule has 2 aromatic rings. The van der Waals surface area contributed by atoms with E-state index in [1.165, 1.54) is 16.2 Å². The molecular formula is C17H21N3O4S. The topological polar surface area (TPSA) is 103 Å². The van der Waals surface area contributed by atoms with Crippen molar-refractivity contribution in [3.63, 3.8) is 0 Å². The number of aliphatic carboxylic acids is 1. The van der Waals surface area contributed by atoms with Gasteiger partial charge < -0.3 is 15.0 Å². The third-order valence-corrected chi connectivity index (χ3v) is 6.17. The summed E-state index contributed by atoms with van der Waals surface area (Å²) in [6.45, 7) is 5.89. The van der Waals surface area contributed by atoms with Gasteiger partial charge in [-0.15, -0.1) is 11.3 Å². The monoisotopic (exact) mass is 363 g/mol. The molecule has 0 spiro atoms. The van der Waals surface area contributed by atoms with E-state index >= 15 is 0 Å². The molecule has 1 aliphatic rings. The van der Waals surface area contributed by atoms with Crippen molar-refractivity contribution in [2.24, 2.45) is 0 Å². The number of rotatable bonds is 4. The van der Waals surface area contributed by atoms with Gasteiger partial charge in [-0.1, -0.05) is 0 Å². The number of carboxylic acids is 1. The molecular weight excluding hydrogens is 342 g/mol. The van der Waals surface area contributed by atoms with Gasteiger partial charge in [-0.3, -0.25) is 9.59 Å². The smallest absolute Gasteiger partial charge is 0.329 e. The second kappa shape index (κ2) is 6.25. The number of amides is 1. The summed E-state index contributed by atoms with van der Waals surface area (Å²) in [5.41, 5.74) is -0.388. The van der Waals surface area contributed by atoms with Crippen LogP contribution in [0.3, 0.4) is 0 Å². The van der Waals surface area contributed by atoms with Crippen LogP contribution in [0.25, 0.3) is 10.2 Å². The number of thiophene rings is 1. The molecule has 0 radical (unpaired) electrons. The van der Waals surface area contributed by atoms with Crippen molar-refractivity contribution in [1.29, 1.82) is 0 Å². The van der Waals surface area contributed by atoms with Gasteiger partial charge in [0.15, 0.2) is 0 Å². The number of carbonyl (C=O) groups excluding carboxylic acids is 1. The minimum absolute atomic E-state index is 0.126. The van der Waals surface area contributed by atoms with Crippen LogP contribution >= 0.6 is 11.3 Å². The number of hydrogen-bond acceptors (Lipinski definition) is 5. The van der Waals surface area contributed by atoms with E-state index in [4.69, 9.17) is 0 Å². The molecule has 3 rings (SSSR count). The lowest BCUT2D eigenvalue weighted by Gasteiger charge is -2.31. The molecule has 1 fully saturated rings. The van der Waals surface area contributed by atoms with Crippen LogP contribution in [0.2, 0.25) is 0 Å². The number of H-pyrrole nitrogens is 1.